The summed E-state index contributed by atoms with van der Waals surface area (Å²) in [5.41, 5.74) is 0.408. The van der Waals surface area contributed by atoms with E-state index in [-0.39, 0.29) is 18.5 Å². The van der Waals surface area contributed by atoms with E-state index < -0.39 is 5.97 Å². The second-order valence-electron chi connectivity index (χ2n) is 4.42. The van der Waals surface area contributed by atoms with E-state index in [1.54, 1.807) is 11.0 Å². The monoisotopic (exact) mass is 251 g/mol. The number of nitrogens with zero attached hydrogens (tertiary/aromatic N) is 2. The zero-order valence-electron chi connectivity index (χ0n) is 10.4. The number of methoxy groups -OCH3 is 1. The molecule has 1 heterocycles. The van der Waals surface area contributed by atoms with Gasteiger partial charge in [0.1, 0.15) is 12.2 Å². The lowest BCUT2D eigenvalue weighted by Crippen LogP contribution is -2.42. The second kappa shape index (κ2) is 5.66. The molecule has 2 rings (SSSR count). The first-order chi connectivity index (χ1) is 8.72. The number of nitrogens with one attached hydrogen (secondary N) is 1. The molecule has 0 atom stereocenters. The van der Waals surface area contributed by atoms with Crippen LogP contribution >= 0.6 is 0 Å². The van der Waals surface area contributed by atoms with Crippen LogP contribution in [0.25, 0.3) is 0 Å². The number of hydrogen-bond donors (Lipinski definition) is 1. The van der Waals surface area contributed by atoms with E-state index >= 15 is 0 Å². The second-order valence-corrected chi connectivity index (χ2v) is 4.42. The van der Waals surface area contributed by atoms with Crippen molar-refractivity contribution < 1.29 is 14.3 Å². The van der Waals surface area contributed by atoms with Crippen LogP contribution < -0.4 is 0 Å². The van der Waals surface area contributed by atoms with Crippen LogP contribution in [0, 0.1) is 0 Å². The molecule has 0 radical (unpaired) electrons. The van der Waals surface area contributed by atoms with E-state index in [1.165, 1.54) is 13.3 Å². The fourth-order valence-corrected chi connectivity index (χ4v) is 2.32. The van der Waals surface area contributed by atoms with Crippen molar-refractivity contribution in [1.82, 2.24) is 15.1 Å². The summed E-state index contributed by atoms with van der Waals surface area (Å²) in [6.45, 7) is -0.000972. The van der Waals surface area contributed by atoms with Crippen LogP contribution in [-0.4, -0.2) is 46.7 Å². The fraction of sp³-hybridized carbons (Fsp3) is 0.583. The van der Waals surface area contributed by atoms with Crippen molar-refractivity contribution in [2.75, 3.05) is 13.7 Å². The largest absolute Gasteiger partial charge is 0.468 e. The van der Waals surface area contributed by atoms with E-state index in [4.69, 9.17) is 0 Å². The van der Waals surface area contributed by atoms with Crippen molar-refractivity contribution in [1.29, 1.82) is 0 Å². The Bertz CT molecular complexity index is 410. The number of esters is 1. The molecule has 18 heavy (non-hydrogen) atoms. The third-order valence-electron chi connectivity index (χ3n) is 3.28. The van der Waals surface area contributed by atoms with Crippen LogP contribution in [-0.2, 0) is 9.53 Å². The molecule has 1 aliphatic carbocycles. The maximum absolute atomic E-state index is 12.3. The SMILES string of the molecule is COC(=O)CN(C(=O)c1ccn[nH]1)C1CCCC1. The van der Waals surface area contributed by atoms with Gasteiger partial charge in [0, 0.05) is 12.2 Å². The van der Waals surface area contributed by atoms with Crippen LogP contribution in [0.2, 0.25) is 0 Å². The summed E-state index contributed by atoms with van der Waals surface area (Å²) in [5.74, 6) is -0.584. The summed E-state index contributed by atoms with van der Waals surface area (Å²) in [6, 6.07) is 1.74. The topological polar surface area (TPSA) is 75.3 Å². The van der Waals surface area contributed by atoms with Crippen LogP contribution in [0.5, 0.6) is 0 Å². The van der Waals surface area contributed by atoms with E-state index in [1.807, 2.05) is 0 Å². The van der Waals surface area contributed by atoms with Crippen molar-refractivity contribution in [3.8, 4) is 0 Å². The average Bonchev–Trinajstić information content (AvgIpc) is 3.06. The highest BCUT2D eigenvalue weighted by Crippen LogP contribution is 2.24. The number of aromatic nitrogens is 2. The molecular weight excluding hydrogens is 234 g/mol. The Labute approximate surface area is 105 Å². The molecular formula is C12H17N3O3. The minimum absolute atomic E-state index is 0.000972. The van der Waals surface area contributed by atoms with E-state index in [9.17, 15) is 9.59 Å². The van der Waals surface area contributed by atoms with Gasteiger partial charge in [-0.05, 0) is 18.9 Å². The Morgan fingerprint density at radius 2 is 2.22 bits per heavy atom. The van der Waals surface area contributed by atoms with E-state index in [0.29, 0.717) is 5.69 Å². The molecule has 1 fully saturated rings. The van der Waals surface area contributed by atoms with Gasteiger partial charge in [0.25, 0.3) is 5.91 Å². The number of carbonyl (C=O) groups is 2. The lowest BCUT2D eigenvalue weighted by molar-refractivity contribution is -0.141. The molecule has 0 spiro atoms. The summed E-state index contributed by atoms with van der Waals surface area (Å²) >= 11 is 0. The Kier molecular flexibility index (Phi) is 3.96. The lowest BCUT2D eigenvalue weighted by Gasteiger charge is -2.27. The highest BCUT2D eigenvalue weighted by molar-refractivity contribution is 5.94. The molecule has 1 aromatic heterocycles. The molecule has 1 saturated carbocycles. The molecule has 1 N–H and O–H groups in total. The predicted octanol–water partition coefficient (Wildman–Crippen LogP) is 0.967. The molecule has 0 bridgehead atoms. The number of aromatic amines is 1. The lowest BCUT2D eigenvalue weighted by atomic mass is 10.2. The normalized spacial score (nSPS) is 15.6. The quantitative estimate of drug-likeness (QED) is 0.809. The molecule has 1 aliphatic rings. The van der Waals surface area contributed by atoms with Gasteiger partial charge in [-0.1, -0.05) is 12.8 Å². The van der Waals surface area contributed by atoms with E-state index in [2.05, 4.69) is 14.9 Å². The fourth-order valence-electron chi connectivity index (χ4n) is 2.32. The van der Waals surface area contributed by atoms with E-state index in [0.717, 1.165) is 25.7 Å². The Morgan fingerprint density at radius 1 is 1.50 bits per heavy atom. The number of ether oxygens (including phenoxy) is 1. The maximum Gasteiger partial charge on any atom is 0.325 e. The molecule has 0 saturated heterocycles. The molecule has 6 heteroatoms. The van der Waals surface area contributed by atoms with Gasteiger partial charge >= 0.3 is 5.97 Å². The highest BCUT2D eigenvalue weighted by atomic mass is 16.5. The smallest absolute Gasteiger partial charge is 0.325 e. The molecule has 0 aromatic carbocycles. The first kappa shape index (κ1) is 12.6. The third-order valence-corrected chi connectivity index (χ3v) is 3.28. The number of rotatable bonds is 4. The molecule has 6 nitrogen and oxygen atoms in total. The standard InChI is InChI=1S/C12H17N3O3/c1-18-11(16)8-15(9-4-2-3-5-9)12(17)10-6-7-13-14-10/h6-7,9H,2-5,8H2,1H3,(H,13,14). The Hall–Kier alpha value is -1.85. The first-order valence-electron chi connectivity index (χ1n) is 6.09. The minimum Gasteiger partial charge on any atom is -0.468 e. The zero-order valence-corrected chi connectivity index (χ0v) is 10.4. The summed E-state index contributed by atoms with van der Waals surface area (Å²) in [5, 5.41) is 6.40. The van der Waals surface area contributed by atoms with Crippen molar-refractivity contribution in [2.24, 2.45) is 0 Å². The minimum atomic E-state index is -0.394. The highest BCUT2D eigenvalue weighted by Gasteiger charge is 2.29. The van der Waals surface area contributed by atoms with Gasteiger partial charge in [0.15, 0.2) is 0 Å². The van der Waals surface area contributed by atoms with Gasteiger partial charge in [0.05, 0.1) is 7.11 Å². The summed E-state index contributed by atoms with van der Waals surface area (Å²) in [6.07, 6.45) is 5.60. The number of H-pyrrole nitrogens is 1. The van der Waals surface area contributed by atoms with Crippen molar-refractivity contribution in [3.05, 3.63) is 18.0 Å². The van der Waals surface area contributed by atoms with Gasteiger partial charge in [-0.15, -0.1) is 0 Å². The average molecular weight is 251 g/mol. The Morgan fingerprint density at radius 3 is 2.78 bits per heavy atom. The number of hydrogen-bond acceptors (Lipinski definition) is 4. The van der Waals surface area contributed by atoms with Crippen molar-refractivity contribution in [2.45, 2.75) is 31.7 Å². The predicted molar refractivity (Wildman–Crippen MR) is 63.9 cm³/mol. The van der Waals surface area contributed by atoms with Crippen LogP contribution in [0.3, 0.4) is 0 Å². The van der Waals surface area contributed by atoms with Gasteiger partial charge in [-0.25, -0.2) is 0 Å². The first-order valence-corrected chi connectivity index (χ1v) is 6.09. The summed E-state index contributed by atoms with van der Waals surface area (Å²) < 4.78 is 4.65. The van der Waals surface area contributed by atoms with Crippen LogP contribution in [0.1, 0.15) is 36.2 Å². The van der Waals surface area contributed by atoms with Gasteiger partial charge in [0.2, 0.25) is 0 Å². The van der Waals surface area contributed by atoms with Crippen molar-refractivity contribution in [3.63, 3.8) is 0 Å². The maximum atomic E-state index is 12.3. The molecule has 1 aromatic rings. The van der Waals surface area contributed by atoms with Crippen LogP contribution in [0.4, 0.5) is 0 Å². The summed E-state index contributed by atoms with van der Waals surface area (Å²) in [4.78, 5) is 25.3. The van der Waals surface area contributed by atoms with Gasteiger partial charge in [-0.2, -0.15) is 5.10 Å². The molecule has 0 aliphatic heterocycles. The van der Waals surface area contributed by atoms with Gasteiger partial charge in [-0.3, -0.25) is 14.7 Å². The third kappa shape index (κ3) is 2.69. The molecule has 98 valence electrons. The number of carbonyl (C=O) groups excluding carboxylic acids is 2. The molecule has 0 unspecified atom stereocenters. The number of amides is 1. The van der Waals surface area contributed by atoms with Crippen molar-refractivity contribution >= 4 is 11.9 Å². The molecule has 1 amide bonds. The Balaban J connectivity index is 2.13. The van der Waals surface area contributed by atoms with Gasteiger partial charge < -0.3 is 9.64 Å². The zero-order chi connectivity index (χ0) is 13.0. The summed E-state index contributed by atoms with van der Waals surface area (Å²) in [7, 11) is 1.33. The van der Waals surface area contributed by atoms with Crippen LogP contribution in [0.15, 0.2) is 12.3 Å².